The molecule has 0 bridgehead atoms. The maximum absolute atomic E-state index is 13.3. The van der Waals surface area contributed by atoms with E-state index in [1.54, 1.807) is 13.0 Å². The Bertz CT molecular complexity index is 996. The van der Waals surface area contributed by atoms with E-state index in [0.717, 1.165) is 12.1 Å². The molecule has 1 atom stereocenters. The highest BCUT2D eigenvalue weighted by Gasteiger charge is 2.35. The molecule has 0 saturated carbocycles. The molecule has 0 saturated heterocycles. The Hall–Kier alpha value is -2.26. The number of carbonyl (C=O) groups excluding carboxylic acids is 1. The van der Waals surface area contributed by atoms with Gasteiger partial charge in [0.25, 0.3) is 10.0 Å². The Kier molecular flexibility index (Phi) is 7.41. The molecule has 164 valence electrons. The summed E-state index contributed by atoms with van der Waals surface area (Å²) >= 11 is 5.66. The average Bonchev–Trinajstić information content (AvgIpc) is 2.66. The molecule has 0 aliphatic rings. The van der Waals surface area contributed by atoms with E-state index in [1.165, 1.54) is 24.3 Å². The first kappa shape index (κ1) is 24.0. The van der Waals surface area contributed by atoms with Crippen LogP contribution in [-0.2, 0) is 21.0 Å². The van der Waals surface area contributed by atoms with Gasteiger partial charge >= 0.3 is 6.18 Å². The average molecular weight is 463 g/mol. The Morgan fingerprint density at radius 1 is 1.10 bits per heavy atom. The van der Waals surface area contributed by atoms with Crippen molar-refractivity contribution in [3.8, 4) is 0 Å². The summed E-state index contributed by atoms with van der Waals surface area (Å²) in [5.74, 6) is -0.556. The molecule has 0 heterocycles. The second-order valence-electron chi connectivity index (χ2n) is 7.09. The Morgan fingerprint density at radius 2 is 1.70 bits per heavy atom. The number of hydrogen-bond donors (Lipinski definition) is 1. The van der Waals surface area contributed by atoms with Crippen molar-refractivity contribution >= 4 is 33.2 Å². The van der Waals surface area contributed by atoms with Crippen LogP contribution in [0.25, 0.3) is 0 Å². The second kappa shape index (κ2) is 9.26. The van der Waals surface area contributed by atoms with E-state index in [0.29, 0.717) is 10.4 Å². The number of sulfonamides is 1. The molecular weight excluding hydrogens is 441 g/mol. The van der Waals surface area contributed by atoms with Gasteiger partial charge in [-0.15, -0.1) is 0 Å². The minimum absolute atomic E-state index is 0.0838. The van der Waals surface area contributed by atoms with Crippen LogP contribution < -0.4 is 9.62 Å². The first-order valence-corrected chi connectivity index (χ1v) is 10.9. The van der Waals surface area contributed by atoms with Crippen LogP contribution in [0.15, 0.2) is 53.4 Å². The molecule has 30 heavy (non-hydrogen) atoms. The molecule has 2 aromatic carbocycles. The lowest BCUT2D eigenvalue weighted by Gasteiger charge is -2.26. The Morgan fingerprint density at radius 3 is 2.23 bits per heavy atom. The van der Waals surface area contributed by atoms with E-state index in [-0.39, 0.29) is 22.5 Å². The van der Waals surface area contributed by atoms with Gasteiger partial charge in [-0.25, -0.2) is 8.42 Å². The SMILES string of the molecule is CC(C)[C@H](C)NC(=O)CN(c1ccc(Cl)c(C(F)(F)F)c1)S(=O)(=O)c1ccccc1. The van der Waals surface area contributed by atoms with Gasteiger partial charge in [-0.05, 0) is 43.2 Å². The molecule has 0 radical (unpaired) electrons. The van der Waals surface area contributed by atoms with Crippen LogP contribution in [0.1, 0.15) is 26.3 Å². The van der Waals surface area contributed by atoms with Crippen LogP contribution in [-0.4, -0.2) is 26.9 Å². The second-order valence-corrected chi connectivity index (χ2v) is 9.36. The summed E-state index contributed by atoms with van der Waals surface area (Å²) in [7, 11) is -4.32. The largest absolute Gasteiger partial charge is 0.417 e. The van der Waals surface area contributed by atoms with E-state index in [1.807, 2.05) is 13.8 Å². The molecule has 2 aromatic rings. The predicted octanol–water partition coefficient (Wildman–Crippen LogP) is 4.71. The van der Waals surface area contributed by atoms with Crippen LogP contribution in [0.3, 0.4) is 0 Å². The molecule has 0 aliphatic heterocycles. The summed E-state index contributed by atoms with van der Waals surface area (Å²) in [5.41, 5.74) is -1.51. The summed E-state index contributed by atoms with van der Waals surface area (Å²) in [5, 5.41) is 2.10. The molecule has 10 heteroatoms. The fourth-order valence-electron chi connectivity index (χ4n) is 2.52. The molecule has 1 N–H and O–H groups in total. The topological polar surface area (TPSA) is 66.5 Å². The number of amides is 1. The number of benzene rings is 2. The first-order valence-electron chi connectivity index (χ1n) is 9.08. The molecule has 1 amide bonds. The van der Waals surface area contributed by atoms with Crippen molar-refractivity contribution in [2.75, 3.05) is 10.8 Å². The van der Waals surface area contributed by atoms with E-state index >= 15 is 0 Å². The van der Waals surface area contributed by atoms with Crippen molar-refractivity contribution in [3.63, 3.8) is 0 Å². The lowest BCUT2D eigenvalue weighted by molar-refractivity contribution is -0.137. The number of carbonyl (C=O) groups is 1. The van der Waals surface area contributed by atoms with Gasteiger partial charge < -0.3 is 5.32 Å². The third-order valence-electron chi connectivity index (χ3n) is 4.55. The molecular formula is C20H22ClF3N2O3S. The zero-order chi connectivity index (χ0) is 22.7. The molecule has 5 nitrogen and oxygen atoms in total. The van der Waals surface area contributed by atoms with Crippen molar-refractivity contribution in [1.82, 2.24) is 5.32 Å². The van der Waals surface area contributed by atoms with Crippen molar-refractivity contribution in [1.29, 1.82) is 0 Å². The Labute approximate surface area is 178 Å². The van der Waals surface area contributed by atoms with E-state index in [2.05, 4.69) is 5.32 Å². The van der Waals surface area contributed by atoms with E-state index in [4.69, 9.17) is 11.6 Å². The maximum Gasteiger partial charge on any atom is 0.417 e. The highest BCUT2D eigenvalue weighted by atomic mass is 35.5. The number of halogens is 4. The van der Waals surface area contributed by atoms with Crippen molar-refractivity contribution in [2.45, 2.75) is 37.9 Å². The number of rotatable bonds is 7. The Balaban J connectivity index is 2.54. The summed E-state index contributed by atoms with van der Waals surface area (Å²) < 4.78 is 66.9. The highest BCUT2D eigenvalue weighted by Crippen LogP contribution is 2.37. The number of alkyl halides is 3. The van der Waals surface area contributed by atoms with Gasteiger partial charge in [0.15, 0.2) is 0 Å². The molecule has 0 unspecified atom stereocenters. The number of hydrogen-bond acceptors (Lipinski definition) is 3. The summed E-state index contributed by atoms with van der Waals surface area (Å²) in [4.78, 5) is 12.3. The summed E-state index contributed by atoms with van der Waals surface area (Å²) in [6.45, 7) is 4.81. The number of nitrogens with one attached hydrogen (secondary N) is 1. The van der Waals surface area contributed by atoms with Crippen LogP contribution in [0, 0.1) is 5.92 Å². The fourth-order valence-corrected chi connectivity index (χ4v) is 4.18. The lowest BCUT2D eigenvalue weighted by Crippen LogP contribution is -2.45. The fraction of sp³-hybridized carbons (Fsp3) is 0.350. The van der Waals surface area contributed by atoms with Gasteiger partial charge in [0.2, 0.25) is 5.91 Å². The normalized spacial score (nSPS) is 13.2. The molecule has 0 aromatic heterocycles. The smallest absolute Gasteiger partial charge is 0.352 e. The zero-order valence-electron chi connectivity index (χ0n) is 16.6. The number of nitrogens with zero attached hydrogens (tertiary/aromatic N) is 1. The maximum atomic E-state index is 13.3. The third kappa shape index (κ3) is 5.66. The van der Waals surface area contributed by atoms with Crippen LogP contribution >= 0.6 is 11.6 Å². The van der Waals surface area contributed by atoms with Gasteiger partial charge in [-0.1, -0.05) is 43.6 Å². The van der Waals surface area contributed by atoms with E-state index < -0.39 is 39.2 Å². The quantitative estimate of drug-likeness (QED) is 0.647. The summed E-state index contributed by atoms with van der Waals surface area (Å²) in [6, 6.07) is 9.64. The van der Waals surface area contributed by atoms with Crippen molar-refractivity contribution < 1.29 is 26.4 Å². The lowest BCUT2D eigenvalue weighted by atomic mass is 10.1. The molecule has 2 rings (SSSR count). The first-order chi connectivity index (χ1) is 13.8. The minimum Gasteiger partial charge on any atom is -0.352 e. The minimum atomic E-state index is -4.79. The molecule has 0 aliphatic carbocycles. The van der Waals surface area contributed by atoms with Gasteiger partial charge in [0.05, 0.1) is 21.2 Å². The van der Waals surface area contributed by atoms with Gasteiger partial charge in [0, 0.05) is 6.04 Å². The summed E-state index contributed by atoms with van der Waals surface area (Å²) in [6.07, 6.45) is -4.79. The van der Waals surface area contributed by atoms with Crippen molar-refractivity contribution in [3.05, 3.63) is 59.1 Å². The third-order valence-corrected chi connectivity index (χ3v) is 6.67. The van der Waals surface area contributed by atoms with Crippen molar-refractivity contribution in [2.24, 2.45) is 5.92 Å². The standard InChI is InChI=1S/C20H22ClF3N2O3S/c1-13(2)14(3)25-19(27)12-26(30(28,29)16-7-5-4-6-8-16)15-9-10-18(21)17(11-15)20(22,23)24/h4-11,13-14H,12H2,1-3H3,(H,25,27)/t14-/m0/s1. The molecule has 0 spiro atoms. The van der Waals surface area contributed by atoms with Crippen LogP contribution in [0.2, 0.25) is 5.02 Å². The van der Waals surface area contributed by atoms with Crippen LogP contribution in [0.4, 0.5) is 18.9 Å². The van der Waals surface area contributed by atoms with Gasteiger partial charge in [0.1, 0.15) is 6.54 Å². The monoisotopic (exact) mass is 462 g/mol. The van der Waals surface area contributed by atoms with Gasteiger partial charge in [-0.3, -0.25) is 9.10 Å². The zero-order valence-corrected chi connectivity index (χ0v) is 18.1. The van der Waals surface area contributed by atoms with E-state index in [9.17, 15) is 26.4 Å². The van der Waals surface area contributed by atoms with Crippen LogP contribution in [0.5, 0.6) is 0 Å². The number of anilines is 1. The van der Waals surface area contributed by atoms with Gasteiger partial charge in [-0.2, -0.15) is 13.2 Å². The predicted molar refractivity (Wildman–Crippen MR) is 110 cm³/mol. The highest BCUT2D eigenvalue weighted by molar-refractivity contribution is 7.92. The molecule has 0 fully saturated rings.